The number of rotatable bonds is 11. The Kier molecular flexibility index (Phi) is 65.4. The molecule has 0 amide bonds. The average Bonchev–Trinajstić information content (AvgIpc) is 2.88. The Morgan fingerprint density at radius 3 is 1.27 bits per heavy atom. The van der Waals surface area contributed by atoms with Crippen molar-refractivity contribution in [1.82, 2.24) is 0 Å². The third-order valence-corrected chi connectivity index (χ3v) is 3.72. The van der Waals surface area contributed by atoms with E-state index in [0.29, 0.717) is 12.8 Å². The van der Waals surface area contributed by atoms with Gasteiger partial charge < -0.3 is 24.0 Å². The first kappa shape index (κ1) is 49.9. The van der Waals surface area contributed by atoms with Gasteiger partial charge in [-0.05, 0) is 67.4 Å². The van der Waals surface area contributed by atoms with Crippen molar-refractivity contribution in [3.8, 4) is 0 Å². The molecule has 0 aliphatic carbocycles. The molecule has 0 radical (unpaired) electrons. The summed E-state index contributed by atoms with van der Waals surface area (Å²) in [6.07, 6.45) is 16.7. The Balaban J connectivity index is -0.0000000875. The molecule has 0 fully saturated rings. The number of hydrogen-bond acceptors (Lipinski definition) is 6. The fourth-order valence-electron chi connectivity index (χ4n) is 1.96. The largest absolute Gasteiger partial charge is 0.304 e. The number of Topliss-reactive ketones (excluding diaryl/α,β-unsaturated/α-hetero) is 2. The van der Waals surface area contributed by atoms with Crippen molar-refractivity contribution in [3.05, 3.63) is 48.0 Å². The van der Waals surface area contributed by atoms with Gasteiger partial charge in [-0.3, -0.25) is 4.79 Å². The summed E-state index contributed by atoms with van der Waals surface area (Å²) in [6, 6.07) is 10.3. The van der Waals surface area contributed by atoms with Crippen LogP contribution in [0.4, 0.5) is 0 Å². The van der Waals surface area contributed by atoms with Gasteiger partial charge >= 0.3 is 0 Å². The first-order chi connectivity index (χ1) is 18.9. The minimum atomic E-state index is 0.167. The number of benzene rings is 1. The topological polar surface area (TPSA) is 102 Å². The molecular formula is C34H60O6. The summed E-state index contributed by atoms with van der Waals surface area (Å²) in [5.41, 5.74) is 1.32. The molecule has 0 saturated carbocycles. The Labute approximate surface area is 246 Å². The van der Waals surface area contributed by atoms with E-state index >= 15 is 0 Å². The number of carbonyl (C=O) groups excluding carboxylic acids is 6. The van der Waals surface area contributed by atoms with Crippen molar-refractivity contribution in [2.24, 2.45) is 0 Å². The van der Waals surface area contributed by atoms with Crippen LogP contribution in [0.3, 0.4) is 0 Å². The highest BCUT2D eigenvalue weighted by molar-refractivity contribution is 5.89. The predicted molar refractivity (Wildman–Crippen MR) is 171 cm³/mol. The van der Waals surface area contributed by atoms with Crippen LogP contribution >= 0.6 is 0 Å². The van der Waals surface area contributed by atoms with Crippen LogP contribution in [0.15, 0.2) is 42.5 Å². The van der Waals surface area contributed by atoms with Crippen molar-refractivity contribution in [1.29, 1.82) is 0 Å². The first-order valence-corrected chi connectivity index (χ1v) is 14.3. The summed E-state index contributed by atoms with van der Waals surface area (Å²) >= 11 is 0. The SMILES string of the molecule is CC(C)=O.CC(C)=O.CC=CC(=O)CC.CC=O.CCCC=O.CCCCCCCCC=O.Cc1ccccc1. The number of hydrogen-bond donors (Lipinski definition) is 0. The van der Waals surface area contributed by atoms with Crippen molar-refractivity contribution in [3.63, 3.8) is 0 Å². The van der Waals surface area contributed by atoms with Gasteiger partial charge in [0.25, 0.3) is 0 Å². The second-order valence-corrected chi connectivity index (χ2v) is 8.71. The van der Waals surface area contributed by atoms with E-state index in [2.05, 4.69) is 26.0 Å². The molecule has 0 aliphatic rings. The van der Waals surface area contributed by atoms with E-state index in [1.165, 1.54) is 72.3 Å². The molecular weight excluding hydrogens is 504 g/mol. The summed E-state index contributed by atoms with van der Waals surface area (Å²) < 4.78 is 0. The lowest BCUT2D eigenvalue weighted by molar-refractivity contribution is -0.115. The molecule has 1 aromatic rings. The number of aldehydes is 3. The lowest BCUT2D eigenvalue weighted by Crippen LogP contribution is -1.84. The summed E-state index contributed by atoms with van der Waals surface area (Å²) in [7, 11) is 0. The third-order valence-electron chi connectivity index (χ3n) is 3.72. The zero-order valence-electron chi connectivity index (χ0n) is 27.3. The second kappa shape index (κ2) is 52.4. The Morgan fingerprint density at radius 2 is 1.05 bits per heavy atom. The maximum Gasteiger partial charge on any atom is 0.155 e. The summed E-state index contributed by atoms with van der Waals surface area (Å²) in [6.45, 7) is 17.5. The molecule has 1 rings (SSSR count). The smallest absolute Gasteiger partial charge is 0.155 e. The van der Waals surface area contributed by atoms with Crippen LogP contribution in [0.2, 0.25) is 0 Å². The lowest BCUT2D eigenvalue weighted by Gasteiger charge is -1.95. The summed E-state index contributed by atoms with van der Waals surface area (Å²) in [5, 5.41) is 0. The van der Waals surface area contributed by atoms with Gasteiger partial charge in [0.05, 0.1) is 0 Å². The maximum atomic E-state index is 10.3. The monoisotopic (exact) mass is 564 g/mol. The van der Waals surface area contributed by atoms with Crippen molar-refractivity contribution in [2.45, 2.75) is 133 Å². The zero-order valence-corrected chi connectivity index (χ0v) is 27.3. The molecule has 0 atom stereocenters. The highest BCUT2D eigenvalue weighted by atomic mass is 16.1. The molecule has 0 aromatic heterocycles. The fraction of sp³-hybridized carbons (Fsp3) is 0.588. The minimum Gasteiger partial charge on any atom is -0.304 e. The van der Waals surface area contributed by atoms with E-state index in [0.717, 1.165) is 38.1 Å². The highest BCUT2D eigenvalue weighted by Gasteiger charge is 1.87. The van der Waals surface area contributed by atoms with Crippen molar-refractivity contribution >= 4 is 36.2 Å². The Morgan fingerprint density at radius 1 is 0.650 bits per heavy atom. The lowest BCUT2D eigenvalue weighted by atomic mass is 10.1. The standard InChI is InChI=1S/C9H18O.C7H8.C6H10O.C4H8O.2C3H6O.C2H4O/c1-2-3-4-5-6-7-8-9-10;1-7-5-3-2-4-6-7;1-3-5-6(7)4-2;1-2-3-4-5;2*1-3(2)4;1-2-3/h9H,2-8H2,1H3;2-6H,1H3;3,5H,4H2,1-2H3;4H,2-3H2,1H3;2*1-2H3;2H,1H3. The highest BCUT2D eigenvalue weighted by Crippen LogP contribution is 2.05. The van der Waals surface area contributed by atoms with Gasteiger partial charge in [-0.1, -0.05) is 94.8 Å². The van der Waals surface area contributed by atoms with Crippen LogP contribution in [0, 0.1) is 6.92 Å². The van der Waals surface area contributed by atoms with Gasteiger partial charge in [0, 0.05) is 19.3 Å². The van der Waals surface area contributed by atoms with Crippen molar-refractivity contribution < 1.29 is 28.8 Å². The molecule has 232 valence electrons. The van der Waals surface area contributed by atoms with Crippen molar-refractivity contribution in [2.75, 3.05) is 0 Å². The van der Waals surface area contributed by atoms with Gasteiger partial charge in [-0.25, -0.2) is 0 Å². The molecule has 1 aromatic carbocycles. The zero-order chi connectivity index (χ0) is 32.5. The molecule has 0 heterocycles. The van der Waals surface area contributed by atoms with Gasteiger partial charge in [-0.15, -0.1) is 0 Å². The van der Waals surface area contributed by atoms with Crippen LogP contribution < -0.4 is 0 Å². The summed E-state index contributed by atoms with van der Waals surface area (Å²) in [5.74, 6) is 0.530. The van der Waals surface area contributed by atoms with E-state index in [-0.39, 0.29) is 17.3 Å². The second-order valence-electron chi connectivity index (χ2n) is 8.71. The number of carbonyl (C=O) groups is 6. The van der Waals surface area contributed by atoms with E-state index in [1.54, 1.807) is 12.2 Å². The van der Waals surface area contributed by atoms with Crippen LogP contribution in [0.1, 0.15) is 132 Å². The molecule has 6 heteroatoms. The summed E-state index contributed by atoms with van der Waals surface area (Å²) in [4.78, 5) is 57.3. The molecule has 0 spiro atoms. The van der Waals surface area contributed by atoms with E-state index in [9.17, 15) is 24.0 Å². The van der Waals surface area contributed by atoms with E-state index < -0.39 is 0 Å². The normalized spacial score (nSPS) is 8.25. The molecule has 40 heavy (non-hydrogen) atoms. The van der Waals surface area contributed by atoms with Gasteiger partial charge in [0.2, 0.25) is 0 Å². The van der Waals surface area contributed by atoms with E-state index in [4.69, 9.17) is 4.79 Å². The van der Waals surface area contributed by atoms with Crippen LogP contribution in [-0.2, 0) is 28.8 Å². The quantitative estimate of drug-likeness (QED) is 0.151. The Bertz CT molecular complexity index is 674. The van der Waals surface area contributed by atoms with Crippen LogP contribution in [0.5, 0.6) is 0 Å². The first-order valence-electron chi connectivity index (χ1n) is 14.3. The predicted octanol–water partition coefficient (Wildman–Crippen LogP) is 8.85. The molecule has 0 aliphatic heterocycles. The maximum absolute atomic E-state index is 10.3. The van der Waals surface area contributed by atoms with Gasteiger partial charge in [-0.2, -0.15) is 0 Å². The number of unbranched alkanes of at least 4 members (excludes halogenated alkanes) is 7. The van der Waals surface area contributed by atoms with Gasteiger partial charge in [0.15, 0.2) is 5.78 Å². The third kappa shape index (κ3) is 112. The van der Waals surface area contributed by atoms with Crippen LogP contribution in [0.25, 0.3) is 0 Å². The average molecular weight is 565 g/mol. The van der Waals surface area contributed by atoms with Gasteiger partial charge in [0.1, 0.15) is 30.4 Å². The van der Waals surface area contributed by atoms with Crippen LogP contribution in [-0.4, -0.2) is 36.2 Å². The molecule has 0 saturated heterocycles. The fourth-order valence-corrected chi connectivity index (χ4v) is 1.96. The van der Waals surface area contributed by atoms with E-state index in [1.807, 2.05) is 39.0 Å². The Hall–Kier alpha value is -3.02. The number of allylic oxidation sites excluding steroid dienone is 2. The molecule has 0 unspecified atom stereocenters. The number of aryl methyl sites for hydroxylation is 1. The molecule has 0 N–H and O–H groups in total. The molecule has 0 bridgehead atoms. The minimum absolute atomic E-state index is 0.167. The number of ketones is 3. The molecule has 6 nitrogen and oxygen atoms in total.